The van der Waals surface area contributed by atoms with Gasteiger partial charge in [-0.1, -0.05) is 104 Å². The molecule has 3 nitrogen and oxygen atoms in total. The largest absolute Gasteiger partial charge is 0.455 e. The van der Waals surface area contributed by atoms with E-state index >= 15 is 0 Å². The molecule has 1 spiro atoms. The van der Waals surface area contributed by atoms with E-state index in [-0.39, 0.29) is 5.41 Å². The summed E-state index contributed by atoms with van der Waals surface area (Å²) < 4.78 is 9.30. The first-order valence-electron chi connectivity index (χ1n) is 18.6. The predicted molar refractivity (Wildman–Crippen MR) is 213 cm³/mol. The highest BCUT2D eigenvalue weighted by Gasteiger charge is 2.44. The number of allylic oxidation sites excluding steroid dienone is 4. The normalized spacial score (nSPS) is 16.3. The van der Waals surface area contributed by atoms with Crippen molar-refractivity contribution in [3.63, 3.8) is 0 Å². The van der Waals surface area contributed by atoms with E-state index in [9.17, 15) is 0 Å². The Kier molecular flexibility index (Phi) is 6.31. The van der Waals surface area contributed by atoms with Crippen molar-refractivity contribution in [2.24, 2.45) is 0 Å². The lowest BCUT2D eigenvalue weighted by Crippen LogP contribution is -2.35. The van der Waals surface area contributed by atoms with Crippen LogP contribution in [-0.4, -0.2) is 4.57 Å². The van der Waals surface area contributed by atoms with Crippen molar-refractivity contribution in [2.45, 2.75) is 50.4 Å². The van der Waals surface area contributed by atoms with Gasteiger partial charge < -0.3 is 13.9 Å². The monoisotopic (exact) mass is 658 g/mol. The lowest BCUT2D eigenvalue weighted by atomic mass is 9.63. The molecule has 8 aromatic rings. The highest BCUT2D eigenvalue weighted by molar-refractivity contribution is 6.25. The van der Waals surface area contributed by atoms with Gasteiger partial charge in [0.15, 0.2) is 0 Å². The van der Waals surface area contributed by atoms with Gasteiger partial charge in [-0.15, -0.1) is 0 Å². The molecular weight excluding hydrogens is 621 g/mol. The number of anilines is 3. The average Bonchev–Trinajstić information content (AvgIpc) is 3.75. The molecule has 246 valence electrons. The average molecular weight is 659 g/mol. The maximum Gasteiger partial charge on any atom is 0.145 e. The Hall–Kier alpha value is -5.80. The summed E-state index contributed by atoms with van der Waals surface area (Å²) in [5.74, 6) is 0. The molecule has 1 saturated carbocycles. The second-order valence-electron chi connectivity index (χ2n) is 14.7. The van der Waals surface area contributed by atoms with E-state index in [1.54, 1.807) is 0 Å². The van der Waals surface area contributed by atoms with Crippen LogP contribution >= 0.6 is 0 Å². The first-order chi connectivity index (χ1) is 25.3. The van der Waals surface area contributed by atoms with Crippen LogP contribution in [0, 0.1) is 0 Å². The fraction of sp³-hybridized carbons (Fsp3) is 0.167. The molecule has 0 amide bonds. The fourth-order valence-corrected chi connectivity index (χ4v) is 9.68. The summed E-state index contributed by atoms with van der Waals surface area (Å²) >= 11 is 0. The number of hydrogen-bond donors (Lipinski definition) is 0. The third-order valence-electron chi connectivity index (χ3n) is 12.0. The lowest BCUT2D eigenvalue weighted by Gasteiger charge is -2.44. The van der Waals surface area contributed by atoms with Crippen molar-refractivity contribution in [2.75, 3.05) is 4.90 Å². The van der Waals surface area contributed by atoms with Crippen molar-refractivity contribution in [1.82, 2.24) is 4.57 Å². The van der Waals surface area contributed by atoms with Crippen LogP contribution < -0.4 is 4.90 Å². The predicted octanol–water partition coefficient (Wildman–Crippen LogP) is 13.4. The highest BCUT2D eigenvalue weighted by atomic mass is 16.3. The number of aromatic nitrogens is 1. The molecule has 3 heterocycles. The van der Waals surface area contributed by atoms with Gasteiger partial charge in [0.25, 0.3) is 0 Å². The number of fused-ring (bicyclic) bond motifs is 11. The van der Waals surface area contributed by atoms with Gasteiger partial charge in [0.2, 0.25) is 0 Å². The van der Waals surface area contributed by atoms with Crippen LogP contribution in [-0.2, 0) is 5.41 Å². The van der Waals surface area contributed by atoms with E-state index in [0.717, 1.165) is 42.5 Å². The third-order valence-corrected chi connectivity index (χ3v) is 12.0. The van der Waals surface area contributed by atoms with E-state index in [0.29, 0.717) is 0 Å². The summed E-state index contributed by atoms with van der Waals surface area (Å²) in [5.41, 5.74) is 14.8. The van der Waals surface area contributed by atoms with E-state index < -0.39 is 0 Å². The molecule has 0 unspecified atom stereocenters. The second-order valence-corrected chi connectivity index (χ2v) is 14.7. The van der Waals surface area contributed by atoms with Gasteiger partial charge in [-0.2, -0.15) is 0 Å². The Balaban J connectivity index is 1.18. The van der Waals surface area contributed by atoms with E-state index in [4.69, 9.17) is 4.42 Å². The molecule has 0 radical (unpaired) electrons. The standard InChI is InChI=1S/C48H38N2O/c1-4-14-32(15-5-1)33-22-24-35(25-23-33)49(34-16-6-2-7-17-34)36-26-27-43-40(30-36)48(28-12-3-13-29-48)41-31-39-37-18-9-11-21-44(37)51-47(39)45-38-19-8-10-20-42(38)50(43)46(41)45/h2,4,6-11,14-27,30-31H,1,3,5,12-13,28-29H2. The first kappa shape index (κ1) is 29.0. The Morgan fingerprint density at radius 2 is 1.35 bits per heavy atom. The van der Waals surface area contributed by atoms with Crippen LogP contribution in [0.1, 0.15) is 61.6 Å². The van der Waals surface area contributed by atoms with Crippen molar-refractivity contribution in [3.05, 3.63) is 162 Å². The minimum atomic E-state index is -0.0925. The summed E-state index contributed by atoms with van der Waals surface area (Å²) in [6.45, 7) is 0. The number of hydrogen-bond acceptors (Lipinski definition) is 2. The number of rotatable bonds is 4. The molecule has 2 aliphatic carbocycles. The van der Waals surface area contributed by atoms with Crippen LogP contribution in [0.5, 0.6) is 0 Å². The molecule has 0 atom stereocenters. The van der Waals surface area contributed by atoms with Crippen LogP contribution in [0.4, 0.5) is 17.1 Å². The zero-order valence-electron chi connectivity index (χ0n) is 28.6. The van der Waals surface area contributed by atoms with Crippen molar-refractivity contribution in [1.29, 1.82) is 0 Å². The highest BCUT2D eigenvalue weighted by Crippen LogP contribution is 2.57. The molecule has 1 aliphatic heterocycles. The topological polar surface area (TPSA) is 21.3 Å². The summed E-state index contributed by atoms with van der Waals surface area (Å²) in [4.78, 5) is 2.44. The Morgan fingerprint density at radius 1 is 0.608 bits per heavy atom. The maximum absolute atomic E-state index is 6.74. The van der Waals surface area contributed by atoms with Gasteiger partial charge >= 0.3 is 0 Å². The molecule has 51 heavy (non-hydrogen) atoms. The van der Waals surface area contributed by atoms with E-state index in [2.05, 4.69) is 155 Å². The summed E-state index contributed by atoms with van der Waals surface area (Å²) in [6, 6.07) is 47.3. The third kappa shape index (κ3) is 4.18. The molecule has 0 N–H and O–H groups in total. The van der Waals surface area contributed by atoms with Crippen molar-refractivity contribution < 1.29 is 4.42 Å². The summed E-state index contributed by atoms with van der Waals surface area (Å²) in [5, 5.41) is 4.94. The quantitative estimate of drug-likeness (QED) is 0.188. The number of para-hydroxylation sites is 3. The number of nitrogens with zero attached hydrogens (tertiary/aromatic N) is 2. The molecule has 3 heteroatoms. The van der Waals surface area contributed by atoms with Gasteiger partial charge in [-0.25, -0.2) is 0 Å². The molecular formula is C48H38N2O. The molecule has 3 aliphatic rings. The lowest BCUT2D eigenvalue weighted by molar-refractivity contribution is 0.344. The number of furan rings is 1. The van der Waals surface area contributed by atoms with Crippen LogP contribution in [0.25, 0.3) is 55.0 Å². The van der Waals surface area contributed by atoms with Gasteiger partial charge in [-0.3, -0.25) is 0 Å². The fourth-order valence-electron chi connectivity index (χ4n) is 9.68. The molecule has 0 saturated heterocycles. The summed E-state index contributed by atoms with van der Waals surface area (Å²) in [6.07, 6.45) is 15.2. The van der Waals surface area contributed by atoms with Gasteiger partial charge in [0, 0.05) is 38.6 Å². The Morgan fingerprint density at radius 3 is 2.18 bits per heavy atom. The van der Waals surface area contributed by atoms with Crippen LogP contribution in [0.15, 0.2) is 150 Å². The zero-order chi connectivity index (χ0) is 33.5. The van der Waals surface area contributed by atoms with Crippen LogP contribution in [0.3, 0.4) is 0 Å². The molecule has 0 bridgehead atoms. The van der Waals surface area contributed by atoms with Crippen LogP contribution in [0.2, 0.25) is 0 Å². The van der Waals surface area contributed by atoms with E-state index in [1.165, 1.54) is 91.2 Å². The molecule has 6 aromatic carbocycles. The van der Waals surface area contributed by atoms with Crippen molar-refractivity contribution >= 4 is 66.4 Å². The minimum absolute atomic E-state index is 0.0925. The molecule has 2 aromatic heterocycles. The number of benzene rings is 6. The maximum atomic E-state index is 6.74. The van der Waals surface area contributed by atoms with Gasteiger partial charge in [0.05, 0.1) is 22.1 Å². The van der Waals surface area contributed by atoms with E-state index in [1.807, 2.05) is 0 Å². The first-order valence-corrected chi connectivity index (χ1v) is 18.6. The zero-order valence-corrected chi connectivity index (χ0v) is 28.6. The Bertz CT molecular complexity index is 2720. The molecule has 11 rings (SSSR count). The second kappa shape index (κ2) is 11.1. The Labute approximate surface area is 297 Å². The van der Waals surface area contributed by atoms with Crippen molar-refractivity contribution in [3.8, 4) is 5.69 Å². The van der Waals surface area contributed by atoms with Gasteiger partial charge in [-0.05, 0) is 109 Å². The summed E-state index contributed by atoms with van der Waals surface area (Å²) in [7, 11) is 0. The molecule has 1 fully saturated rings. The minimum Gasteiger partial charge on any atom is -0.455 e. The van der Waals surface area contributed by atoms with Gasteiger partial charge in [0.1, 0.15) is 11.2 Å². The smallest absolute Gasteiger partial charge is 0.145 e. The SMILES string of the molecule is C1=CC(c2ccc(N(c3ccccc3)c3ccc4c(c3)C3(CCCCC3)c3cc5c6ccccc6oc5c5c6ccccc6n-4c35)cc2)=CCC1.